The van der Waals surface area contributed by atoms with Crippen molar-refractivity contribution in [1.29, 1.82) is 0 Å². The summed E-state index contributed by atoms with van der Waals surface area (Å²) in [5, 5.41) is 5.03. The number of pyridine rings is 3. The van der Waals surface area contributed by atoms with E-state index in [4.69, 9.17) is 19.7 Å². The fraction of sp³-hybridized carbons (Fsp3) is 0.156. The zero-order valence-corrected chi connectivity index (χ0v) is 24.0. The van der Waals surface area contributed by atoms with Gasteiger partial charge in [-0.15, -0.1) is 0 Å². The Morgan fingerprint density at radius 3 is 2.60 bits per heavy atom. The van der Waals surface area contributed by atoms with Crippen molar-refractivity contribution in [2.45, 2.75) is 24.7 Å². The maximum Gasteiger partial charge on any atom is 0.194 e. The predicted molar refractivity (Wildman–Crippen MR) is 165 cm³/mol. The van der Waals surface area contributed by atoms with E-state index in [-0.39, 0.29) is 17.3 Å². The van der Waals surface area contributed by atoms with Crippen LogP contribution in [-0.4, -0.2) is 37.9 Å². The minimum absolute atomic E-state index is 0.190. The van der Waals surface area contributed by atoms with E-state index in [1.807, 2.05) is 66.3 Å². The van der Waals surface area contributed by atoms with Crippen LogP contribution in [0.4, 0.5) is 10.2 Å². The molecule has 0 saturated heterocycles. The van der Waals surface area contributed by atoms with Gasteiger partial charge in [-0.1, -0.05) is 30.0 Å². The summed E-state index contributed by atoms with van der Waals surface area (Å²) in [5.74, 6) is 0.852. The monoisotopic (exact) mass is 578 g/mol. The molecule has 0 bridgehead atoms. The predicted octanol–water partition coefficient (Wildman–Crippen LogP) is 6.49. The fourth-order valence-corrected chi connectivity index (χ4v) is 5.28. The number of rotatable bonds is 8. The molecule has 2 aromatic carbocycles. The van der Waals surface area contributed by atoms with Crippen LogP contribution in [0.3, 0.4) is 0 Å². The molecular formula is C32H27FN6O2S. The number of hydrogen-bond acceptors (Lipinski definition) is 8. The first-order valence-corrected chi connectivity index (χ1v) is 14.5. The van der Waals surface area contributed by atoms with Crippen LogP contribution in [-0.2, 0) is 6.54 Å². The minimum Gasteiger partial charge on any atom is -0.497 e. The van der Waals surface area contributed by atoms with Crippen LogP contribution in [0.2, 0.25) is 0 Å². The second kappa shape index (κ2) is 11.6. The number of nitrogens with zero attached hydrogens (tertiary/aromatic N) is 5. The van der Waals surface area contributed by atoms with E-state index in [9.17, 15) is 9.18 Å². The van der Waals surface area contributed by atoms with Crippen molar-refractivity contribution in [2.75, 3.05) is 18.7 Å². The van der Waals surface area contributed by atoms with Crippen LogP contribution in [0.15, 0.2) is 95.1 Å². The van der Waals surface area contributed by atoms with Crippen molar-refractivity contribution < 1.29 is 9.13 Å². The van der Waals surface area contributed by atoms with Gasteiger partial charge in [-0.3, -0.25) is 9.78 Å². The van der Waals surface area contributed by atoms with Gasteiger partial charge < -0.3 is 14.6 Å². The smallest absolute Gasteiger partial charge is 0.194 e. The van der Waals surface area contributed by atoms with Gasteiger partial charge in [0.25, 0.3) is 0 Å². The molecule has 0 saturated carbocycles. The Bertz CT molecular complexity index is 1970. The molecule has 6 rings (SSSR count). The maximum absolute atomic E-state index is 14.1. The quantitative estimate of drug-likeness (QED) is 0.162. The lowest BCUT2D eigenvalue weighted by molar-refractivity contribution is 0.414. The van der Waals surface area contributed by atoms with Crippen molar-refractivity contribution >= 4 is 39.5 Å². The zero-order chi connectivity index (χ0) is 29.2. The molecule has 0 aliphatic heterocycles. The number of ether oxygens (including phenoxy) is 1. The molecule has 1 N–H and O–H groups in total. The Labute approximate surface area is 245 Å². The minimum atomic E-state index is -0.390. The van der Waals surface area contributed by atoms with Crippen molar-refractivity contribution in [3.05, 3.63) is 112 Å². The molecule has 6 aromatic rings. The number of anilines is 1. The topological polar surface area (TPSA) is 94.8 Å². The number of nitrogens with one attached hydrogen (secondary N) is 1. The van der Waals surface area contributed by atoms with Crippen molar-refractivity contribution in [3.63, 3.8) is 0 Å². The SMILES string of the molecule is COc1ccc(Cn2ccc(=O)c3c(N[C@@H](C)c4nc5ccc(F)cc5cc4-c4ccccn4)nc(SC)nc32)cc1. The van der Waals surface area contributed by atoms with E-state index < -0.39 is 0 Å². The summed E-state index contributed by atoms with van der Waals surface area (Å²) >= 11 is 1.39. The van der Waals surface area contributed by atoms with Gasteiger partial charge in [0, 0.05) is 36.0 Å². The molecule has 0 radical (unpaired) electrons. The summed E-state index contributed by atoms with van der Waals surface area (Å²) in [4.78, 5) is 32.2. The number of hydrogen-bond donors (Lipinski definition) is 1. The molecule has 0 unspecified atom stereocenters. The van der Waals surface area contributed by atoms with Gasteiger partial charge in [-0.2, -0.15) is 0 Å². The van der Waals surface area contributed by atoms with Crippen LogP contribution in [0.5, 0.6) is 5.75 Å². The highest BCUT2D eigenvalue weighted by atomic mass is 32.2. The Balaban J connectivity index is 1.45. The lowest BCUT2D eigenvalue weighted by Crippen LogP contribution is -2.17. The Morgan fingerprint density at radius 2 is 1.86 bits per heavy atom. The van der Waals surface area contributed by atoms with Gasteiger partial charge in [-0.25, -0.2) is 19.3 Å². The molecule has 0 fully saturated rings. The van der Waals surface area contributed by atoms with Crippen molar-refractivity contribution in [2.24, 2.45) is 0 Å². The molecule has 4 aromatic heterocycles. The maximum atomic E-state index is 14.1. The molecule has 0 aliphatic carbocycles. The summed E-state index contributed by atoms with van der Waals surface area (Å²) in [5.41, 5.74) is 4.18. The van der Waals surface area contributed by atoms with E-state index in [0.29, 0.717) is 50.8 Å². The molecule has 210 valence electrons. The summed E-state index contributed by atoms with van der Waals surface area (Å²) < 4.78 is 21.3. The van der Waals surface area contributed by atoms with Crippen LogP contribution in [0.25, 0.3) is 33.2 Å². The van der Waals surface area contributed by atoms with Crippen molar-refractivity contribution in [1.82, 2.24) is 24.5 Å². The number of fused-ring (bicyclic) bond motifs is 2. The first-order valence-electron chi connectivity index (χ1n) is 13.3. The first kappa shape index (κ1) is 27.3. The molecule has 0 amide bonds. The molecule has 1 atom stereocenters. The summed E-state index contributed by atoms with van der Waals surface area (Å²) in [7, 11) is 1.63. The number of thioether (sulfide) groups is 1. The highest BCUT2D eigenvalue weighted by Crippen LogP contribution is 2.32. The van der Waals surface area contributed by atoms with E-state index in [1.165, 1.54) is 30.0 Å². The molecule has 4 heterocycles. The number of halogens is 1. The van der Waals surface area contributed by atoms with Crippen LogP contribution >= 0.6 is 11.8 Å². The third-order valence-electron chi connectivity index (χ3n) is 7.00. The standard InChI is InChI=1S/C32H27FN6O2S/c1-19(29-24(26-6-4-5-14-34-26)17-21-16-22(33)9-12-25(21)36-29)35-30-28-27(40)13-15-39(31(28)38-32(37-30)42-3)18-20-7-10-23(41-2)11-8-20/h4-17,19H,18H2,1-3H3,(H,35,37,38)/t19-/m0/s1. The van der Waals surface area contributed by atoms with E-state index in [0.717, 1.165) is 16.9 Å². The third-order valence-corrected chi connectivity index (χ3v) is 7.55. The Kier molecular flexibility index (Phi) is 7.54. The van der Waals surface area contributed by atoms with Crippen molar-refractivity contribution in [3.8, 4) is 17.0 Å². The van der Waals surface area contributed by atoms with Crippen LogP contribution in [0.1, 0.15) is 24.2 Å². The second-order valence-electron chi connectivity index (χ2n) is 9.75. The summed E-state index contributed by atoms with van der Waals surface area (Å²) in [6.45, 7) is 2.46. The van der Waals surface area contributed by atoms with E-state index >= 15 is 0 Å². The summed E-state index contributed by atoms with van der Waals surface area (Å²) in [6.07, 6.45) is 5.36. The third kappa shape index (κ3) is 5.40. The van der Waals surface area contributed by atoms with Gasteiger partial charge in [0.05, 0.1) is 30.1 Å². The van der Waals surface area contributed by atoms with Gasteiger partial charge in [0.2, 0.25) is 0 Å². The number of aromatic nitrogens is 5. The molecule has 42 heavy (non-hydrogen) atoms. The highest BCUT2D eigenvalue weighted by Gasteiger charge is 2.20. The molecule has 10 heteroatoms. The molecule has 0 aliphatic rings. The number of methoxy groups -OCH3 is 1. The fourth-order valence-electron chi connectivity index (χ4n) is 4.92. The Morgan fingerprint density at radius 1 is 1.02 bits per heavy atom. The largest absolute Gasteiger partial charge is 0.497 e. The zero-order valence-electron chi connectivity index (χ0n) is 23.2. The van der Waals surface area contributed by atoms with Crippen LogP contribution < -0.4 is 15.5 Å². The van der Waals surface area contributed by atoms with Crippen LogP contribution in [0, 0.1) is 5.82 Å². The molecule has 8 nitrogen and oxygen atoms in total. The normalized spacial score (nSPS) is 12.0. The second-order valence-corrected chi connectivity index (χ2v) is 10.5. The van der Waals surface area contributed by atoms with Gasteiger partial charge in [0.1, 0.15) is 22.8 Å². The first-order chi connectivity index (χ1) is 20.4. The number of benzene rings is 2. The Hall–Kier alpha value is -4.83. The average molecular weight is 579 g/mol. The summed E-state index contributed by atoms with van der Waals surface area (Å²) in [6, 6.07) is 21.0. The van der Waals surface area contributed by atoms with Gasteiger partial charge >= 0.3 is 0 Å². The molecular weight excluding hydrogens is 551 g/mol. The van der Waals surface area contributed by atoms with Gasteiger partial charge in [0.15, 0.2) is 16.2 Å². The average Bonchev–Trinajstić information content (AvgIpc) is 3.02. The molecule has 0 spiro atoms. The lowest BCUT2D eigenvalue weighted by atomic mass is 10.0. The van der Waals surface area contributed by atoms with Gasteiger partial charge in [-0.05, 0) is 67.3 Å². The highest BCUT2D eigenvalue weighted by molar-refractivity contribution is 7.98. The lowest BCUT2D eigenvalue weighted by Gasteiger charge is -2.20. The van der Waals surface area contributed by atoms with E-state index in [2.05, 4.69) is 10.3 Å². The van der Waals surface area contributed by atoms with E-state index in [1.54, 1.807) is 25.6 Å².